The van der Waals surface area contributed by atoms with Gasteiger partial charge < -0.3 is 11.5 Å². The highest BCUT2D eigenvalue weighted by Gasteiger charge is 2.34. The van der Waals surface area contributed by atoms with Crippen molar-refractivity contribution >= 4 is 21.4 Å². The Labute approximate surface area is 107 Å². The number of halogens is 3. The van der Waals surface area contributed by atoms with Gasteiger partial charge in [0, 0.05) is 0 Å². The Bertz CT molecular complexity index is 611. The van der Waals surface area contributed by atoms with Crippen molar-refractivity contribution in [1.29, 1.82) is 0 Å². The quantitative estimate of drug-likeness (QED) is 0.810. The van der Waals surface area contributed by atoms with Crippen LogP contribution >= 0.6 is 0 Å². The summed E-state index contributed by atoms with van der Waals surface area (Å²) in [5.41, 5.74) is 8.53. The Hall–Kier alpha value is -1.77. The molecule has 106 valence electrons. The lowest BCUT2D eigenvalue weighted by atomic mass is 10.2. The minimum atomic E-state index is -4.63. The number of alkyl halides is 3. The Morgan fingerprint density at radius 3 is 2.21 bits per heavy atom. The number of nitrogen functional groups attached to an aromatic ring is 1. The standard InChI is InChI=1S/C10H11F3N2O3S/c1-5(9(15)16)19(17,18)8-3-2-6(4-7(8)14)10(11,12)13/h2-5H,14H2,1H3,(H2,15,16). The van der Waals surface area contributed by atoms with E-state index in [0.717, 1.165) is 6.92 Å². The molecule has 0 saturated carbocycles. The summed E-state index contributed by atoms with van der Waals surface area (Å²) in [5, 5.41) is -1.58. The van der Waals surface area contributed by atoms with E-state index in [1.807, 2.05) is 0 Å². The van der Waals surface area contributed by atoms with Crippen molar-refractivity contribution in [2.24, 2.45) is 5.73 Å². The van der Waals surface area contributed by atoms with Crippen molar-refractivity contribution < 1.29 is 26.4 Å². The van der Waals surface area contributed by atoms with Gasteiger partial charge in [-0.15, -0.1) is 0 Å². The van der Waals surface area contributed by atoms with Crippen molar-refractivity contribution in [3.8, 4) is 0 Å². The van der Waals surface area contributed by atoms with Gasteiger partial charge in [-0.3, -0.25) is 4.79 Å². The molecule has 0 radical (unpaired) electrons. The lowest BCUT2D eigenvalue weighted by molar-refractivity contribution is -0.137. The molecule has 0 aromatic heterocycles. The highest BCUT2D eigenvalue weighted by atomic mass is 32.2. The van der Waals surface area contributed by atoms with Crippen LogP contribution in [-0.2, 0) is 20.8 Å². The van der Waals surface area contributed by atoms with Crippen molar-refractivity contribution in [3.05, 3.63) is 23.8 Å². The third-order valence-corrected chi connectivity index (χ3v) is 4.66. The van der Waals surface area contributed by atoms with Gasteiger partial charge in [0.25, 0.3) is 0 Å². The number of anilines is 1. The highest BCUT2D eigenvalue weighted by Crippen LogP contribution is 2.33. The van der Waals surface area contributed by atoms with Gasteiger partial charge in [0.15, 0.2) is 9.84 Å². The van der Waals surface area contributed by atoms with E-state index in [1.165, 1.54) is 0 Å². The predicted octanol–water partition coefficient (Wildman–Crippen LogP) is 0.935. The first-order chi connectivity index (χ1) is 8.48. The van der Waals surface area contributed by atoms with E-state index in [-0.39, 0.29) is 0 Å². The second-order valence-corrected chi connectivity index (χ2v) is 6.08. The van der Waals surface area contributed by atoms with Gasteiger partial charge >= 0.3 is 6.18 Å². The fourth-order valence-corrected chi connectivity index (χ4v) is 2.66. The molecule has 1 aromatic carbocycles. The van der Waals surface area contributed by atoms with E-state index >= 15 is 0 Å². The van der Waals surface area contributed by atoms with Crippen LogP contribution in [0.25, 0.3) is 0 Å². The van der Waals surface area contributed by atoms with Crippen molar-refractivity contribution in [2.75, 3.05) is 5.73 Å². The second kappa shape index (κ2) is 4.72. The van der Waals surface area contributed by atoms with Crippen LogP contribution in [0.15, 0.2) is 23.1 Å². The van der Waals surface area contributed by atoms with Crippen LogP contribution in [0.4, 0.5) is 18.9 Å². The minimum absolute atomic E-state index is 0.501. The number of sulfone groups is 1. The third-order valence-electron chi connectivity index (χ3n) is 2.51. The smallest absolute Gasteiger partial charge is 0.398 e. The van der Waals surface area contributed by atoms with Gasteiger partial charge in [-0.05, 0) is 25.1 Å². The number of rotatable bonds is 3. The molecule has 5 nitrogen and oxygen atoms in total. The van der Waals surface area contributed by atoms with Crippen molar-refractivity contribution in [3.63, 3.8) is 0 Å². The number of carbonyl (C=O) groups excluding carboxylic acids is 1. The molecule has 0 saturated heterocycles. The largest absolute Gasteiger partial charge is 0.416 e. The number of nitrogens with two attached hydrogens (primary N) is 2. The van der Waals surface area contributed by atoms with E-state index in [4.69, 9.17) is 11.5 Å². The van der Waals surface area contributed by atoms with Crippen molar-refractivity contribution in [1.82, 2.24) is 0 Å². The molecule has 0 aliphatic rings. The molecule has 1 rings (SSSR count). The van der Waals surface area contributed by atoms with Gasteiger partial charge in [-0.2, -0.15) is 13.2 Å². The fourth-order valence-electron chi connectivity index (χ4n) is 1.33. The molecule has 0 bridgehead atoms. The summed E-state index contributed by atoms with van der Waals surface area (Å²) < 4.78 is 61.0. The van der Waals surface area contributed by atoms with Gasteiger partial charge in [-0.25, -0.2) is 8.42 Å². The number of primary amides is 1. The van der Waals surface area contributed by atoms with Crippen LogP contribution in [0.1, 0.15) is 12.5 Å². The topological polar surface area (TPSA) is 103 Å². The van der Waals surface area contributed by atoms with Gasteiger partial charge in [0.05, 0.1) is 16.1 Å². The number of benzene rings is 1. The zero-order valence-corrected chi connectivity index (χ0v) is 10.5. The second-order valence-electron chi connectivity index (χ2n) is 3.84. The summed E-state index contributed by atoms with van der Waals surface area (Å²) in [4.78, 5) is 10.3. The summed E-state index contributed by atoms with van der Waals surface area (Å²) in [6.45, 7) is 1.04. The first-order valence-electron chi connectivity index (χ1n) is 4.98. The summed E-state index contributed by atoms with van der Waals surface area (Å²) in [6.07, 6.45) is -4.63. The Balaban J connectivity index is 3.36. The SMILES string of the molecule is CC(C(N)=O)S(=O)(=O)c1ccc(C(F)(F)F)cc1N. The van der Waals surface area contributed by atoms with Crippen LogP contribution in [0.2, 0.25) is 0 Å². The minimum Gasteiger partial charge on any atom is -0.398 e. The molecule has 0 heterocycles. The molecule has 1 amide bonds. The van der Waals surface area contributed by atoms with Crippen LogP contribution in [0, 0.1) is 0 Å². The molecule has 1 atom stereocenters. The fraction of sp³-hybridized carbons (Fsp3) is 0.300. The average Bonchev–Trinajstić information content (AvgIpc) is 2.26. The van der Waals surface area contributed by atoms with Crippen LogP contribution in [0.3, 0.4) is 0 Å². The number of carbonyl (C=O) groups is 1. The van der Waals surface area contributed by atoms with E-state index < -0.39 is 43.3 Å². The maximum absolute atomic E-state index is 12.4. The normalized spacial score (nSPS) is 14.1. The van der Waals surface area contributed by atoms with Crippen LogP contribution in [0.5, 0.6) is 0 Å². The molecule has 4 N–H and O–H groups in total. The lowest BCUT2D eigenvalue weighted by Gasteiger charge is -2.13. The van der Waals surface area contributed by atoms with E-state index in [9.17, 15) is 26.4 Å². The maximum Gasteiger partial charge on any atom is 0.416 e. The first-order valence-corrected chi connectivity index (χ1v) is 6.52. The molecular formula is C10H11F3N2O3S. The van der Waals surface area contributed by atoms with E-state index in [1.54, 1.807) is 0 Å². The molecule has 9 heteroatoms. The Morgan fingerprint density at radius 2 is 1.84 bits per heavy atom. The lowest BCUT2D eigenvalue weighted by Crippen LogP contribution is -2.33. The third kappa shape index (κ3) is 2.98. The average molecular weight is 296 g/mol. The summed E-state index contributed by atoms with van der Waals surface area (Å²) >= 11 is 0. The number of hydrogen-bond acceptors (Lipinski definition) is 4. The molecule has 1 aromatic rings. The maximum atomic E-state index is 12.4. The Morgan fingerprint density at radius 1 is 1.32 bits per heavy atom. The summed E-state index contributed by atoms with van der Waals surface area (Å²) in [7, 11) is -4.20. The van der Waals surface area contributed by atoms with E-state index in [2.05, 4.69) is 0 Å². The predicted molar refractivity (Wildman–Crippen MR) is 61.7 cm³/mol. The molecule has 0 fully saturated rings. The highest BCUT2D eigenvalue weighted by molar-refractivity contribution is 7.93. The Kier molecular flexibility index (Phi) is 3.80. The van der Waals surface area contributed by atoms with Crippen LogP contribution < -0.4 is 11.5 Å². The van der Waals surface area contributed by atoms with Crippen molar-refractivity contribution in [2.45, 2.75) is 23.2 Å². The zero-order chi connectivity index (χ0) is 15.0. The molecule has 0 spiro atoms. The summed E-state index contributed by atoms with van der Waals surface area (Å²) in [6, 6.07) is 1.80. The molecular weight excluding hydrogens is 285 g/mol. The first kappa shape index (κ1) is 15.3. The number of amides is 1. The van der Waals surface area contributed by atoms with Gasteiger partial charge in [0.1, 0.15) is 5.25 Å². The molecule has 1 unspecified atom stereocenters. The summed E-state index contributed by atoms with van der Waals surface area (Å²) in [5.74, 6) is -1.11. The van der Waals surface area contributed by atoms with Gasteiger partial charge in [-0.1, -0.05) is 0 Å². The van der Waals surface area contributed by atoms with E-state index in [0.29, 0.717) is 18.2 Å². The molecule has 19 heavy (non-hydrogen) atoms. The van der Waals surface area contributed by atoms with Crippen LogP contribution in [-0.4, -0.2) is 19.6 Å². The van der Waals surface area contributed by atoms with Gasteiger partial charge in [0.2, 0.25) is 5.91 Å². The molecule has 0 aliphatic carbocycles. The molecule has 0 aliphatic heterocycles. The zero-order valence-electron chi connectivity index (χ0n) is 9.73. The number of hydrogen-bond donors (Lipinski definition) is 2. The monoisotopic (exact) mass is 296 g/mol.